The summed E-state index contributed by atoms with van der Waals surface area (Å²) >= 11 is 6.11. The predicted molar refractivity (Wildman–Crippen MR) is 115 cm³/mol. The number of nitrogens with zero attached hydrogens (tertiary/aromatic N) is 4. The molecule has 2 heterocycles. The minimum absolute atomic E-state index is 0.225. The van der Waals surface area contributed by atoms with Crippen LogP contribution in [0.2, 0.25) is 5.02 Å². The Hall–Kier alpha value is -2.69. The number of aromatic nitrogens is 1. The number of hydrogen-bond donors (Lipinski definition) is 0. The smallest absolute Gasteiger partial charge is 0.0603 e. The van der Waals surface area contributed by atoms with Gasteiger partial charge in [-0.1, -0.05) is 60.1 Å². The van der Waals surface area contributed by atoms with Gasteiger partial charge < -0.3 is 0 Å². The molecular formula is C23H23ClN4. The largest absolute Gasteiger partial charge is 0.294 e. The van der Waals surface area contributed by atoms with E-state index in [0.29, 0.717) is 0 Å². The lowest BCUT2D eigenvalue weighted by Gasteiger charge is -2.38. The van der Waals surface area contributed by atoms with Crippen LogP contribution in [-0.4, -0.2) is 47.3 Å². The third-order valence-corrected chi connectivity index (χ3v) is 5.26. The highest BCUT2D eigenvalue weighted by Crippen LogP contribution is 2.30. The molecule has 0 amide bonds. The van der Waals surface area contributed by atoms with E-state index in [1.54, 1.807) is 6.20 Å². The Morgan fingerprint density at radius 1 is 0.857 bits per heavy atom. The summed E-state index contributed by atoms with van der Waals surface area (Å²) in [7, 11) is 0. The van der Waals surface area contributed by atoms with Gasteiger partial charge in [0.05, 0.1) is 12.3 Å². The summed E-state index contributed by atoms with van der Waals surface area (Å²) in [5, 5.41) is 7.53. The lowest BCUT2D eigenvalue weighted by atomic mass is 9.96. The third-order valence-electron chi connectivity index (χ3n) is 5.01. The lowest BCUT2D eigenvalue weighted by Crippen LogP contribution is -2.45. The van der Waals surface area contributed by atoms with Crippen molar-refractivity contribution in [1.29, 1.82) is 0 Å². The number of piperazine rings is 1. The molecular weight excluding hydrogens is 368 g/mol. The van der Waals surface area contributed by atoms with Crippen molar-refractivity contribution in [3.63, 3.8) is 0 Å². The van der Waals surface area contributed by atoms with Gasteiger partial charge in [0.25, 0.3) is 0 Å². The van der Waals surface area contributed by atoms with Gasteiger partial charge in [0.2, 0.25) is 0 Å². The van der Waals surface area contributed by atoms with Crippen molar-refractivity contribution in [2.75, 3.05) is 26.2 Å². The Morgan fingerprint density at radius 3 is 2.25 bits per heavy atom. The molecule has 3 aromatic rings. The Kier molecular flexibility index (Phi) is 6.00. The first-order valence-corrected chi connectivity index (χ1v) is 9.91. The van der Waals surface area contributed by atoms with E-state index in [0.717, 1.165) is 36.8 Å². The van der Waals surface area contributed by atoms with Gasteiger partial charge in [0.1, 0.15) is 0 Å². The van der Waals surface area contributed by atoms with Crippen molar-refractivity contribution < 1.29 is 0 Å². The fourth-order valence-corrected chi connectivity index (χ4v) is 3.71. The fraction of sp³-hybridized carbons (Fsp3) is 0.217. The van der Waals surface area contributed by atoms with Crippen LogP contribution in [0.3, 0.4) is 0 Å². The first-order chi connectivity index (χ1) is 13.8. The average Bonchev–Trinajstić information content (AvgIpc) is 2.76. The number of hydrogen-bond acceptors (Lipinski definition) is 4. The zero-order valence-corrected chi connectivity index (χ0v) is 16.4. The molecule has 5 heteroatoms. The summed E-state index contributed by atoms with van der Waals surface area (Å²) in [5.74, 6) is 0. The monoisotopic (exact) mass is 390 g/mol. The van der Waals surface area contributed by atoms with E-state index < -0.39 is 0 Å². The molecule has 0 N–H and O–H groups in total. The minimum atomic E-state index is 0.225. The molecule has 0 bridgehead atoms. The van der Waals surface area contributed by atoms with E-state index in [9.17, 15) is 0 Å². The molecule has 1 aliphatic rings. The number of pyridine rings is 1. The van der Waals surface area contributed by atoms with E-state index >= 15 is 0 Å². The minimum Gasteiger partial charge on any atom is -0.294 e. The maximum absolute atomic E-state index is 6.11. The fourth-order valence-electron chi connectivity index (χ4n) is 3.58. The van der Waals surface area contributed by atoms with Crippen LogP contribution >= 0.6 is 11.6 Å². The third kappa shape index (κ3) is 4.58. The zero-order valence-electron chi connectivity index (χ0n) is 15.7. The topological polar surface area (TPSA) is 31.7 Å². The molecule has 1 fully saturated rings. The van der Waals surface area contributed by atoms with Gasteiger partial charge in [-0.2, -0.15) is 5.10 Å². The molecule has 1 aliphatic heterocycles. The Labute approximate surface area is 171 Å². The SMILES string of the molecule is Clc1ccc(C(c2ccccc2)N2CCN(N=Cc3cccnc3)CC2)cc1. The van der Waals surface area contributed by atoms with E-state index in [4.69, 9.17) is 11.6 Å². The van der Waals surface area contributed by atoms with Crippen molar-refractivity contribution >= 4 is 17.8 Å². The van der Waals surface area contributed by atoms with Crippen molar-refractivity contribution in [2.45, 2.75) is 6.04 Å². The molecule has 0 aliphatic carbocycles. The maximum Gasteiger partial charge on any atom is 0.0603 e. The van der Waals surface area contributed by atoms with Crippen LogP contribution in [0.15, 0.2) is 84.2 Å². The van der Waals surface area contributed by atoms with Crippen molar-refractivity contribution in [1.82, 2.24) is 14.9 Å². The Bertz CT molecular complexity index is 889. The second kappa shape index (κ2) is 9.00. The van der Waals surface area contributed by atoms with Gasteiger partial charge in [0.15, 0.2) is 0 Å². The normalized spacial score (nSPS) is 16.4. The summed E-state index contributed by atoms with van der Waals surface area (Å²) in [6.07, 6.45) is 5.48. The van der Waals surface area contributed by atoms with Gasteiger partial charge in [-0.05, 0) is 29.3 Å². The molecule has 0 saturated carbocycles. The summed E-state index contributed by atoms with van der Waals surface area (Å²) in [6.45, 7) is 3.69. The summed E-state index contributed by atoms with van der Waals surface area (Å²) in [6, 6.07) is 23.0. The van der Waals surface area contributed by atoms with E-state index in [-0.39, 0.29) is 6.04 Å². The van der Waals surface area contributed by atoms with Crippen molar-refractivity contribution in [2.24, 2.45) is 5.10 Å². The van der Waals surface area contributed by atoms with Crippen LogP contribution in [0, 0.1) is 0 Å². The molecule has 1 aromatic heterocycles. The quantitative estimate of drug-likeness (QED) is 0.602. The standard InChI is InChI=1S/C23H23ClN4/c24-22-10-8-21(9-11-22)23(20-6-2-1-3-7-20)27-13-15-28(16-14-27)26-18-19-5-4-12-25-17-19/h1-12,17-18,23H,13-16H2. The Balaban J connectivity index is 1.48. The van der Waals surface area contributed by atoms with Crippen LogP contribution in [0.4, 0.5) is 0 Å². The molecule has 1 saturated heterocycles. The van der Waals surface area contributed by atoms with Crippen molar-refractivity contribution in [3.8, 4) is 0 Å². The van der Waals surface area contributed by atoms with Gasteiger partial charge in [-0.3, -0.25) is 14.9 Å². The van der Waals surface area contributed by atoms with Gasteiger partial charge in [-0.15, -0.1) is 0 Å². The van der Waals surface area contributed by atoms with Crippen LogP contribution in [0.1, 0.15) is 22.7 Å². The van der Waals surface area contributed by atoms with Gasteiger partial charge in [-0.25, -0.2) is 0 Å². The highest BCUT2D eigenvalue weighted by atomic mass is 35.5. The molecule has 0 radical (unpaired) electrons. The van der Waals surface area contributed by atoms with E-state index in [1.165, 1.54) is 11.1 Å². The predicted octanol–water partition coefficient (Wildman–Crippen LogP) is 4.48. The summed E-state index contributed by atoms with van der Waals surface area (Å²) in [4.78, 5) is 6.65. The van der Waals surface area contributed by atoms with Crippen LogP contribution in [-0.2, 0) is 0 Å². The van der Waals surface area contributed by atoms with Gasteiger partial charge in [0, 0.05) is 49.2 Å². The van der Waals surface area contributed by atoms with E-state index in [2.05, 4.69) is 62.5 Å². The van der Waals surface area contributed by atoms with Crippen molar-refractivity contribution in [3.05, 3.63) is 101 Å². The number of hydrazone groups is 1. The molecule has 0 spiro atoms. The first kappa shape index (κ1) is 18.7. The highest BCUT2D eigenvalue weighted by molar-refractivity contribution is 6.30. The molecule has 142 valence electrons. The molecule has 4 rings (SSSR count). The second-order valence-electron chi connectivity index (χ2n) is 6.89. The van der Waals surface area contributed by atoms with Crippen LogP contribution in [0.5, 0.6) is 0 Å². The number of benzene rings is 2. The molecule has 4 nitrogen and oxygen atoms in total. The molecule has 1 atom stereocenters. The highest BCUT2D eigenvalue weighted by Gasteiger charge is 2.25. The molecule has 2 aromatic carbocycles. The summed E-state index contributed by atoms with van der Waals surface area (Å²) < 4.78 is 0. The number of rotatable bonds is 5. The number of halogens is 1. The lowest BCUT2D eigenvalue weighted by molar-refractivity contribution is 0.113. The first-order valence-electron chi connectivity index (χ1n) is 9.53. The van der Waals surface area contributed by atoms with E-state index in [1.807, 2.05) is 36.7 Å². The molecule has 1 unspecified atom stereocenters. The molecule has 28 heavy (non-hydrogen) atoms. The average molecular weight is 391 g/mol. The van der Waals surface area contributed by atoms with Crippen LogP contribution < -0.4 is 0 Å². The zero-order chi connectivity index (χ0) is 19.2. The summed E-state index contributed by atoms with van der Waals surface area (Å²) in [5.41, 5.74) is 3.59. The maximum atomic E-state index is 6.11. The Morgan fingerprint density at radius 2 is 1.57 bits per heavy atom. The van der Waals surface area contributed by atoms with Gasteiger partial charge >= 0.3 is 0 Å². The second-order valence-corrected chi connectivity index (χ2v) is 7.32. The van der Waals surface area contributed by atoms with Crippen LogP contribution in [0.25, 0.3) is 0 Å².